The number of nitrogens with one attached hydrogen (secondary N) is 1. The Hall–Kier alpha value is -1.23. The molecule has 0 aliphatic heterocycles. The van der Waals surface area contributed by atoms with Gasteiger partial charge in [-0.15, -0.1) is 0 Å². The zero-order valence-electron chi connectivity index (χ0n) is 6.17. The lowest BCUT2D eigenvalue weighted by Gasteiger charge is -1.80. The van der Waals surface area contributed by atoms with Crippen LogP contribution in [-0.4, -0.2) is 7.05 Å². The van der Waals surface area contributed by atoms with E-state index in [0.717, 1.165) is 6.42 Å². The van der Waals surface area contributed by atoms with Gasteiger partial charge in [-0.05, 0) is 18.7 Å². The first kappa shape index (κ1) is 8.77. The standard InChI is InChI=1S/C8H12N2/c1-10-8-6-4-2-3-5-7-9/h2,4,6,8,10H,3,5H2,1H3/b4-2+,8-6-. The molecule has 10 heavy (non-hydrogen) atoms. The predicted molar refractivity (Wildman–Crippen MR) is 42.2 cm³/mol. The van der Waals surface area contributed by atoms with E-state index in [-0.39, 0.29) is 0 Å². The first-order valence-corrected chi connectivity index (χ1v) is 3.27. The summed E-state index contributed by atoms with van der Waals surface area (Å²) in [6.07, 6.45) is 9.07. The van der Waals surface area contributed by atoms with E-state index in [9.17, 15) is 0 Å². The van der Waals surface area contributed by atoms with Crippen molar-refractivity contribution >= 4 is 0 Å². The van der Waals surface area contributed by atoms with E-state index in [4.69, 9.17) is 5.26 Å². The van der Waals surface area contributed by atoms with Crippen molar-refractivity contribution in [3.8, 4) is 6.07 Å². The highest BCUT2D eigenvalue weighted by Gasteiger charge is 1.73. The third-order valence-electron chi connectivity index (χ3n) is 0.933. The van der Waals surface area contributed by atoms with E-state index in [1.165, 1.54) is 0 Å². The van der Waals surface area contributed by atoms with Gasteiger partial charge < -0.3 is 5.32 Å². The van der Waals surface area contributed by atoms with Crippen LogP contribution in [0.5, 0.6) is 0 Å². The third kappa shape index (κ3) is 6.77. The molecule has 0 saturated heterocycles. The van der Waals surface area contributed by atoms with Crippen LogP contribution in [0.15, 0.2) is 24.4 Å². The molecular formula is C8H12N2. The van der Waals surface area contributed by atoms with Crippen molar-refractivity contribution in [3.05, 3.63) is 24.4 Å². The fourth-order valence-corrected chi connectivity index (χ4v) is 0.474. The molecular weight excluding hydrogens is 124 g/mol. The molecule has 2 nitrogen and oxygen atoms in total. The first-order valence-electron chi connectivity index (χ1n) is 3.27. The summed E-state index contributed by atoms with van der Waals surface area (Å²) < 4.78 is 0. The maximum atomic E-state index is 8.15. The molecule has 0 aliphatic carbocycles. The Kier molecular flexibility index (Phi) is 6.81. The number of hydrogen-bond donors (Lipinski definition) is 1. The number of unbranched alkanes of at least 4 members (excludes halogenated alkanes) is 1. The molecule has 0 amide bonds. The molecule has 0 unspecified atom stereocenters. The smallest absolute Gasteiger partial charge is 0.0625 e. The Labute approximate surface area is 61.9 Å². The summed E-state index contributed by atoms with van der Waals surface area (Å²) >= 11 is 0. The minimum atomic E-state index is 0.601. The molecule has 2 heteroatoms. The third-order valence-corrected chi connectivity index (χ3v) is 0.933. The van der Waals surface area contributed by atoms with Crippen LogP contribution < -0.4 is 5.32 Å². The average Bonchev–Trinajstić information content (AvgIpc) is 1.97. The molecule has 0 spiro atoms. The van der Waals surface area contributed by atoms with E-state index in [1.807, 2.05) is 31.5 Å². The lowest BCUT2D eigenvalue weighted by atomic mass is 10.3. The maximum Gasteiger partial charge on any atom is 0.0625 e. The number of nitrogens with zero attached hydrogens (tertiary/aromatic N) is 1. The molecule has 0 aliphatic rings. The lowest BCUT2D eigenvalue weighted by Crippen LogP contribution is -1.89. The Bertz CT molecular complexity index is 151. The highest BCUT2D eigenvalue weighted by atomic mass is 14.8. The Morgan fingerprint density at radius 1 is 1.50 bits per heavy atom. The molecule has 0 aromatic rings. The van der Waals surface area contributed by atoms with Crippen molar-refractivity contribution in [3.63, 3.8) is 0 Å². The SMILES string of the molecule is CN/C=C\C=C\CCC#N. The van der Waals surface area contributed by atoms with Gasteiger partial charge in [0.15, 0.2) is 0 Å². The average molecular weight is 136 g/mol. The van der Waals surface area contributed by atoms with Crippen molar-refractivity contribution in [2.45, 2.75) is 12.8 Å². The first-order chi connectivity index (χ1) is 4.91. The topological polar surface area (TPSA) is 35.8 Å². The van der Waals surface area contributed by atoms with Gasteiger partial charge >= 0.3 is 0 Å². The molecule has 0 saturated carbocycles. The zero-order chi connectivity index (χ0) is 7.66. The number of hydrogen-bond acceptors (Lipinski definition) is 2. The van der Waals surface area contributed by atoms with Gasteiger partial charge in [-0.25, -0.2) is 0 Å². The summed E-state index contributed by atoms with van der Waals surface area (Å²) in [5.41, 5.74) is 0. The van der Waals surface area contributed by atoms with E-state index in [1.54, 1.807) is 0 Å². The minimum absolute atomic E-state index is 0.601. The Balaban J connectivity index is 3.22. The molecule has 0 atom stereocenters. The molecule has 0 fully saturated rings. The number of allylic oxidation sites excluding steroid dienone is 3. The van der Waals surface area contributed by atoms with Crippen molar-refractivity contribution in [2.24, 2.45) is 0 Å². The summed E-state index contributed by atoms with van der Waals surface area (Å²) in [5.74, 6) is 0. The molecule has 0 aromatic heterocycles. The van der Waals surface area contributed by atoms with Gasteiger partial charge in [-0.2, -0.15) is 5.26 Å². The summed E-state index contributed by atoms with van der Waals surface area (Å²) in [6.45, 7) is 0. The fraction of sp³-hybridized carbons (Fsp3) is 0.375. The van der Waals surface area contributed by atoms with Gasteiger partial charge in [0.25, 0.3) is 0 Å². The second-order valence-electron chi connectivity index (χ2n) is 1.77. The summed E-state index contributed by atoms with van der Waals surface area (Å²) in [5, 5.41) is 11.0. The van der Waals surface area contributed by atoms with Crippen LogP contribution >= 0.6 is 0 Å². The van der Waals surface area contributed by atoms with E-state index in [0.29, 0.717) is 6.42 Å². The molecule has 54 valence electrons. The van der Waals surface area contributed by atoms with Gasteiger partial charge in [-0.3, -0.25) is 0 Å². The van der Waals surface area contributed by atoms with Gasteiger partial charge in [-0.1, -0.05) is 12.2 Å². The molecule has 0 radical (unpaired) electrons. The van der Waals surface area contributed by atoms with Gasteiger partial charge in [0.05, 0.1) is 6.07 Å². The normalized spacial score (nSPS) is 10.4. The zero-order valence-corrected chi connectivity index (χ0v) is 6.17. The van der Waals surface area contributed by atoms with Crippen LogP contribution in [0.2, 0.25) is 0 Å². The van der Waals surface area contributed by atoms with Crippen LogP contribution in [0.1, 0.15) is 12.8 Å². The van der Waals surface area contributed by atoms with E-state index >= 15 is 0 Å². The largest absolute Gasteiger partial charge is 0.394 e. The van der Waals surface area contributed by atoms with Crippen LogP contribution in [0.25, 0.3) is 0 Å². The van der Waals surface area contributed by atoms with Crippen LogP contribution in [0.3, 0.4) is 0 Å². The van der Waals surface area contributed by atoms with Crippen molar-refractivity contribution in [1.82, 2.24) is 5.32 Å². The monoisotopic (exact) mass is 136 g/mol. The van der Waals surface area contributed by atoms with Gasteiger partial charge in [0.2, 0.25) is 0 Å². The molecule has 0 bridgehead atoms. The Morgan fingerprint density at radius 3 is 2.90 bits per heavy atom. The summed E-state index contributed by atoms with van der Waals surface area (Å²) in [7, 11) is 1.85. The second kappa shape index (κ2) is 7.77. The highest BCUT2D eigenvalue weighted by Crippen LogP contribution is 1.87. The van der Waals surface area contributed by atoms with E-state index in [2.05, 4.69) is 11.4 Å². The molecule has 0 heterocycles. The van der Waals surface area contributed by atoms with Crippen molar-refractivity contribution in [2.75, 3.05) is 7.05 Å². The van der Waals surface area contributed by atoms with Gasteiger partial charge in [0, 0.05) is 13.5 Å². The van der Waals surface area contributed by atoms with Crippen LogP contribution in [-0.2, 0) is 0 Å². The maximum absolute atomic E-state index is 8.15. The quantitative estimate of drug-likeness (QED) is 0.470. The van der Waals surface area contributed by atoms with Gasteiger partial charge in [0.1, 0.15) is 0 Å². The van der Waals surface area contributed by atoms with Crippen molar-refractivity contribution in [1.29, 1.82) is 5.26 Å². The fourth-order valence-electron chi connectivity index (χ4n) is 0.474. The predicted octanol–water partition coefficient (Wildman–Crippen LogP) is 1.58. The molecule has 0 aromatic carbocycles. The summed E-state index contributed by atoms with van der Waals surface area (Å²) in [4.78, 5) is 0. The Morgan fingerprint density at radius 2 is 2.30 bits per heavy atom. The number of rotatable bonds is 4. The highest BCUT2D eigenvalue weighted by molar-refractivity contribution is 5.01. The van der Waals surface area contributed by atoms with E-state index < -0.39 is 0 Å². The second-order valence-corrected chi connectivity index (χ2v) is 1.77. The summed E-state index contributed by atoms with van der Waals surface area (Å²) in [6, 6.07) is 2.07. The number of nitriles is 1. The van der Waals surface area contributed by atoms with Crippen molar-refractivity contribution < 1.29 is 0 Å². The van der Waals surface area contributed by atoms with Crippen LogP contribution in [0.4, 0.5) is 0 Å². The minimum Gasteiger partial charge on any atom is -0.394 e. The van der Waals surface area contributed by atoms with Crippen LogP contribution in [0, 0.1) is 11.3 Å². The lowest BCUT2D eigenvalue weighted by molar-refractivity contribution is 1.06. The molecule has 0 rings (SSSR count). The molecule has 1 N–H and O–H groups in total.